The van der Waals surface area contributed by atoms with Gasteiger partial charge in [-0.25, -0.2) is 9.97 Å². The summed E-state index contributed by atoms with van der Waals surface area (Å²) >= 11 is 5.88. The first-order valence-corrected chi connectivity index (χ1v) is 7.07. The fourth-order valence-corrected chi connectivity index (χ4v) is 2.48. The maximum atomic E-state index is 11.5. The van der Waals surface area contributed by atoms with E-state index in [-0.39, 0.29) is 17.5 Å². The van der Waals surface area contributed by atoms with Crippen molar-refractivity contribution < 1.29 is 8.42 Å². The van der Waals surface area contributed by atoms with Gasteiger partial charge in [0.05, 0.1) is 11.0 Å². The molecule has 2 N–H and O–H groups in total. The van der Waals surface area contributed by atoms with Crippen molar-refractivity contribution in [2.24, 2.45) is 0 Å². The van der Waals surface area contributed by atoms with E-state index in [1.165, 1.54) is 0 Å². The van der Waals surface area contributed by atoms with Gasteiger partial charge in [0.25, 0.3) is 10.2 Å². The normalized spacial score (nSPS) is 11.7. The summed E-state index contributed by atoms with van der Waals surface area (Å²) in [6, 6.07) is 7.06. The summed E-state index contributed by atoms with van der Waals surface area (Å²) in [7, 11) is -3.66. The zero-order valence-corrected chi connectivity index (χ0v) is 11.1. The summed E-state index contributed by atoms with van der Waals surface area (Å²) in [6.45, 7) is 1.95. The van der Waals surface area contributed by atoms with Gasteiger partial charge in [-0.15, -0.1) is 0 Å². The van der Waals surface area contributed by atoms with Gasteiger partial charge in [-0.05, 0) is 12.1 Å². The lowest BCUT2D eigenvalue weighted by molar-refractivity contribution is 0.589. The molecule has 1 heterocycles. The van der Waals surface area contributed by atoms with Crippen LogP contribution in [0, 0.1) is 0 Å². The van der Waals surface area contributed by atoms with E-state index in [0.717, 1.165) is 0 Å². The zero-order valence-electron chi connectivity index (χ0n) is 9.51. The topological polar surface area (TPSA) is 84.0 Å². The molecule has 0 aliphatic rings. The van der Waals surface area contributed by atoms with Crippen molar-refractivity contribution in [3.05, 3.63) is 29.4 Å². The van der Waals surface area contributed by atoms with Gasteiger partial charge < -0.3 is 0 Å². The molecule has 1 aromatic carbocycles. The standard InChI is InChI=1S/C10H11ClN4O2S/c1-2-12-18(16,17)15-10-9(11)13-7-5-3-4-6-8(7)14-10/h3-6,12H,2H2,1H3,(H,14,15). The molecule has 0 saturated heterocycles. The number of hydrogen-bond donors (Lipinski definition) is 2. The maximum absolute atomic E-state index is 11.5. The Labute approximate surface area is 110 Å². The molecule has 0 radical (unpaired) electrons. The summed E-state index contributed by atoms with van der Waals surface area (Å²) in [5.41, 5.74) is 1.17. The highest BCUT2D eigenvalue weighted by Gasteiger charge is 2.13. The van der Waals surface area contributed by atoms with E-state index >= 15 is 0 Å². The fourth-order valence-electron chi connectivity index (χ4n) is 1.40. The maximum Gasteiger partial charge on any atom is 0.300 e. The molecule has 0 atom stereocenters. The molecule has 18 heavy (non-hydrogen) atoms. The van der Waals surface area contributed by atoms with Crippen LogP contribution in [-0.4, -0.2) is 24.9 Å². The zero-order chi connectivity index (χ0) is 13.2. The lowest BCUT2D eigenvalue weighted by Gasteiger charge is -2.08. The average molecular weight is 287 g/mol. The van der Waals surface area contributed by atoms with Gasteiger partial charge in [0.2, 0.25) is 0 Å². The molecule has 0 unspecified atom stereocenters. The van der Waals surface area contributed by atoms with Gasteiger partial charge >= 0.3 is 0 Å². The number of nitrogens with zero attached hydrogens (tertiary/aromatic N) is 2. The Kier molecular flexibility index (Phi) is 3.65. The number of anilines is 1. The van der Waals surface area contributed by atoms with Crippen LogP contribution in [0.4, 0.5) is 5.82 Å². The molecule has 0 amide bonds. The number of hydrogen-bond acceptors (Lipinski definition) is 4. The van der Waals surface area contributed by atoms with Crippen LogP contribution in [0.2, 0.25) is 5.15 Å². The minimum absolute atomic E-state index is 0.00942. The van der Waals surface area contributed by atoms with Crippen LogP contribution in [0.3, 0.4) is 0 Å². The first kappa shape index (κ1) is 13.0. The number of benzene rings is 1. The van der Waals surface area contributed by atoms with Gasteiger partial charge in [-0.3, -0.25) is 4.72 Å². The average Bonchev–Trinajstić information content (AvgIpc) is 2.29. The highest BCUT2D eigenvalue weighted by molar-refractivity contribution is 7.90. The first-order chi connectivity index (χ1) is 8.52. The van der Waals surface area contributed by atoms with Gasteiger partial charge in [-0.2, -0.15) is 13.1 Å². The molecular formula is C10H11ClN4O2S. The SMILES string of the molecule is CCNS(=O)(=O)Nc1nc2ccccc2nc1Cl. The summed E-state index contributed by atoms with van der Waals surface area (Å²) < 4.78 is 27.6. The highest BCUT2D eigenvalue weighted by atomic mass is 35.5. The van der Waals surface area contributed by atoms with Crippen LogP contribution in [0.25, 0.3) is 11.0 Å². The predicted molar refractivity (Wildman–Crippen MR) is 70.8 cm³/mol. The molecule has 8 heteroatoms. The molecule has 2 aromatic rings. The number of para-hydroxylation sites is 2. The third-order valence-electron chi connectivity index (χ3n) is 2.09. The largest absolute Gasteiger partial charge is 0.300 e. The monoisotopic (exact) mass is 286 g/mol. The van der Waals surface area contributed by atoms with E-state index in [1.807, 2.05) is 0 Å². The van der Waals surface area contributed by atoms with Gasteiger partial charge in [0.15, 0.2) is 11.0 Å². The van der Waals surface area contributed by atoms with Crippen LogP contribution < -0.4 is 9.44 Å². The Hall–Kier alpha value is -1.44. The van der Waals surface area contributed by atoms with E-state index in [0.29, 0.717) is 11.0 Å². The minimum atomic E-state index is -3.66. The van der Waals surface area contributed by atoms with Crippen molar-refractivity contribution in [1.82, 2.24) is 14.7 Å². The Bertz CT molecular complexity index is 675. The molecule has 0 spiro atoms. The number of halogens is 1. The molecule has 0 saturated carbocycles. The van der Waals surface area contributed by atoms with Crippen molar-refractivity contribution in [3.8, 4) is 0 Å². The first-order valence-electron chi connectivity index (χ1n) is 5.21. The minimum Gasteiger partial charge on any atom is -0.252 e. The Morgan fingerprint density at radius 2 is 1.83 bits per heavy atom. The lowest BCUT2D eigenvalue weighted by Crippen LogP contribution is -2.30. The molecular weight excluding hydrogens is 276 g/mol. The van der Waals surface area contributed by atoms with E-state index < -0.39 is 10.2 Å². The van der Waals surface area contributed by atoms with Crippen LogP contribution in [-0.2, 0) is 10.2 Å². The second kappa shape index (κ2) is 5.05. The van der Waals surface area contributed by atoms with E-state index in [9.17, 15) is 8.42 Å². The fraction of sp³-hybridized carbons (Fsp3) is 0.200. The third kappa shape index (κ3) is 2.87. The van der Waals surface area contributed by atoms with Crippen molar-refractivity contribution in [2.45, 2.75) is 6.92 Å². The Morgan fingerprint density at radius 3 is 2.44 bits per heavy atom. The molecule has 6 nitrogen and oxygen atoms in total. The number of fused-ring (bicyclic) bond motifs is 1. The summed E-state index contributed by atoms with van der Waals surface area (Å²) in [4.78, 5) is 8.19. The second-order valence-electron chi connectivity index (χ2n) is 3.46. The molecule has 0 fully saturated rings. The number of aromatic nitrogens is 2. The molecule has 2 rings (SSSR count). The Morgan fingerprint density at radius 1 is 1.22 bits per heavy atom. The number of nitrogens with one attached hydrogen (secondary N) is 2. The Balaban J connectivity index is 2.42. The number of rotatable bonds is 4. The van der Waals surface area contributed by atoms with Crippen molar-refractivity contribution in [1.29, 1.82) is 0 Å². The van der Waals surface area contributed by atoms with Crippen LogP contribution in [0.1, 0.15) is 6.92 Å². The van der Waals surface area contributed by atoms with E-state index in [2.05, 4.69) is 19.4 Å². The van der Waals surface area contributed by atoms with E-state index in [4.69, 9.17) is 11.6 Å². The molecule has 1 aromatic heterocycles. The van der Waals surface area contributed by atoms with Crippen molar-refractivity contribution in [3.63, 3.8) is 0 Å². The molecule has 0 aliphatic carbocycles. The third-order valence-corrected chi connectivity index (χ3v) is 3.49. The molecule has 0 bridgehead atoms. The van der Waals surface area contributed by atoms with E-state index in [1.54, 1.807) is 31.2 Å². The lowest BCUT2D eigenvalue weighted by atomic mass is 10.3. The van der Waals surface area contributed by atoms with Gasteiger partial charge in [0, 0.05) is 6.54 Å². The summed E-state index contributed by atoms with van der Waals surface area (Å²) in [6.07, 6.45) is 0. The van der Waals surface area contributed by atoms with Crippen molar-refractivity contribution in [2.75, 3.05) is 11.3 Å². The molecule has 0 aliphatic heterocycles. The smallest absolute Gasteiger partial charge is 0.252 e. The second-order valence-corrected chi connectivity index (χ2v) is 5.31. The molecule has 96 valence electrons. The van der Waals surface area contributed by atoms with Crippen LogP contribution in [0.5, 0.6) is 0 Å². The van der Waals surface area contributed by atoms with Gasteiger partial charge in [0.1, 0.15) is 0 Å². The summed E-state index contributed by atoms with van der Waals surface area (Å²) in [5, 5.41) is 0.00942. The highest BCUT2D eigenvalue weighted by Crippen LogP contribution is 2.21. The van der Waals surface area contributed by atoms with Crippen LogP contribution in [0.15, 0.2) is 24.3 Å². The van der Waals surface area contributed by atoms with Crippen molar-refractivity contribution >= 4 is 38.7 Å². The quantitative estimate of drug-likeness (QED) is 0.893. The summed E-state index contributed by atoms with van der Waals surface area (Å²) in [5.74, 6) is 0.0105. The van der Waals surface area contributed by atoms with Crippen LogP contribution >= 0.6 is 11.6 Å². The predicted octanol–water partition coefficient (Wildman–Crippen LogP) is 1.55. The van der Waals surface area contributed by atoms with Gasteiger partial charge in [-0.1, -0.05) is 30.7 Å².